The second-order valence-corrected chi connectivity index (χ2v) is 7.96. The first-order chi connectivity index (χ1) is 14.8. The summed E-state index contributed by atoms with van der Waals surface area (Å²) in [6.07, 6.45) is -11.3. The third-order valence-electron chi connectivity index (χ3n) is 4.38. The van der Waals surface area contributed by atoms with E-state index in [-0.39, 0.29) is 55.9 Å². The van der Waals surface area contributed by atoms with Gasteiger partial charge in [0.05, 0.1) is 12.2 Å². The Balaban J connectivity index is 1.91. The average molecular weight is 492 g/mol. The molecule has 13 heteroatoms. The molecule has 1 heterocycles. The second-order valence-electron chi connectivity index (χ2n) is 6.90. The molecule has 0 saturated heterocycles. The van der Waals surface area contributed by atoms with Crippen molar-refractivity contribution in [2.45, 2.75) is 56.8 Å². The highest BCUT2D eigenvalue weighted by Crippen LogP contribution is 2.40. The Morgan fingerprint density at radius 3 is 2.22 bits per heavy atom. The number of alkyl halides is 8. The Morgan fingerprint density at radius 1 is 0.906 bits per heavy atom. The number of aromatic nitrogens is 2. The van der Waals surface area contributed by atoms with Crippen molar-refractivity contribution in [1.82, 2.24) is 10.2 Å². The molecule has 0 spiro atoms. The molecule has 0 saturated carbocycles. The van der Waals surface area contributed by atoms with E-state index in [1.807, 2.05) is 0 Å². The molecule has 2 aromatic rings. The molecule has 0 aliphatic rings. The third-order valence-corrected chi connectivity index (χ3v) is 5.41. The zero-order valence-electron chi connectivity index (χ0n) is 16.6. The maximum atomic E-state index is 13.4. The molecule has 32 heavy (non-hydrogen) atoms. The Labute approximate surface area is 182 Å². The van der Waals surface area contributed by atoms with Gasteiger partial charge in [0.15, 0.2) is 0 Å². The van der Waals surface area contributed by atoms with Crippen LogP contribution < -0.4 is 4.74 Å². The molecule has 0 fully saturated rings. The molecule has 4 nitrogen and oxygen atoms in total. The van der Waals surface area contributed by atoms with Gasteiger partial charge in [-0.2, -0.15) is 35.1 Å². The Bertz CT molecular complexity index is 868. The standard InChI is InChI=1S/C19H20F8N2O2S/c20-17(21,19(25,26)27)8-3-1-2-4-10-31-14-6-5-12(11-13(14)18(22,23)24)16-29-28-15(32-16)7-9-30/h5-6,11,30H,1-4,7-10H2. The number of unbranched alkanes of at least 4 members (excludes halogenated alkanes) is 3. The average Bonchev–Trinajstić information content (AvgIpc) is 3.14. The minimum Gasteiger partial charge on any atom is -0.493 e. The van der Waals surface area contributed by atoms with Gasteiger partial charge in [-0.1, -0.05) is 24.2 Å². The minimum absolute atomic E-state index is 0.0628. The van der Waals surface area contributed by atoms with Gasteiger partial charge in [-0.15, -0.1) is 10.2 Å². The maximum Gasteiger partial charge on any atom is 0.453 e. The van der Waals surface area contributed by atoms with Crippen molar-refractivity contribution >= 4 is 11.3 Å². The SMILES string of the molecule is OCCc1nnc(-c2ccc(OCCCCCCC(F)(F)C(F)(F)F)c(C(F)(F)F)c2)s1. The van der Waals surface area contributed by atoms with Crippen LogP contribution in [0.5, 0.6) is 5.75 Å². The van der Waals surface area contributed by atoms with Crippen LogP contribution in [0.4, 0.5) is 35.1 Å². The van der Waals surface area contributed by atoms with Crippen LogP contribution >= 0.6 is 11.3 Å². The van der Waals surface area contributed by atoms with Crippen LogP contribution in [0.15, 0.2) is 18.2 Å². The summed E-state index contributed by atoms with van der Waals surface area (Å²) in [6.45, 7) is -0.322. The van der Waals surface area contributed by atoms with Gasteiger partial charge in [-0.05, 0) is 31.0 Å². The molecule has 0 aliphatic heterocycles. The van der Waals surface area contributed by atoms with Crippen LogP contribution in [-0.2, 0) is 12.6 Å². The maximum absolute atomic E-state index is 13.4. The topological polar surface area (TPSA) is 55.2 Å². The van der Waals surface area contributed by atoms with Gasteiger partial charge in [0, 0.05) is 25.0 Å². The van der Waals surface area contributed by atoms with Crippen LogP contribution in [-0.4, -0.2) is 40.6 Å². The van der Waals surface area contributed by atoms with Crippen LogP contribution in [0.1, 0.15) is 42.7 Å². The summed E-state index contributed by atoms with van der Waals surface area (Å²) in [5.41, 5.74) is -0.851. The van der Waals surface area contributed by atoms with E-state index >= 15 is 0 Å². The number of halogens is 8. The lowest BCUT2D eigenvalue weighted by Gasteiger charge is -2.19. The predicted molar refractivity (Wildman–Crippen MR) is 101 cm³/mol. The van der Waals surface area contributed by atoms with E-state index in [1.165, 1.54) is 6.07 Å². The van der Waals surface area contributed by atoms with Crippen molar-refractivity contribution in [2.75, 3.05) is 13.2 Å². The summed E-state index contributed by atoms with van der Waals surface area (Å²) in [5.74, 6) is -5.18. The summed E-state index contributed by atoms with van der Waals surface area (Å²) in [7, 11) is 0. The van der Waals surface area contributed by atoms with Gasteiger partial charge < -0.3 is 9.84 Å². The van der Waals surface area contributed by atoms with Crippen molar-refractivity contribution < 1.29 is 45.0 Å². The number of rotatable bonds is 11. The lowest BCUT2D eigenvalue weighted by Crippen LogP contribution is -2.36. The smallest absolute Gasteiger partial charge is 0.453 e. The molecule has 1 aromatic heterocycles. The lowest BCUT2D eigenvalue weighted by molar-refractivity contribution is -0.284. The quantitative estimate of drug-likeness (QED) is 0.296. The first-order valence-corrected chi connectivity index (χ1v) is 10.4. The van der Waals surface area contributed by atoms with E-state index in [0.29, 0.717) is 5.01 Å². The van der Waals surface area contributed by atoms with Crippen molar-refractivity contribution in [2.24, 2.45) is 0 Å². The van der Waals surface area contributed by atoms with Gasteiger partial charge >= 0.3 is 18.3 Å². The summed E-state index contributed by atoms with van der Waals surface area (Å²) in [5, 5.41) is 17.2. The zero-order chi connectivity index (χ0) is 24.0. The second kappa shape index (κ2) is 10.7. The normalized spacial score (nSPS) is 12.9. The summed E-state index contributed by atoms with van der Waals surface area (Å²) in [4.78, 5) is 0. The van der Waals surface area contributed by atoms with E-state index in [1.54, 1.807) is 0 Å². The molecule has 0 amide bonds. The van der Waals surface area contributed by atoms with Crippen LogP contribution in [0, 0.1) is 0 Å². The van der Waals surface area contributed by atoms with Gasteiger partial charge in [0.1, 0.15) is 15.8 Å². The number of ether oxygens (including phenoxy) is 1. The van der Waals surface area contributed by atoms with Gasteiger partial charge in [-0.25, -0.2) is 0 Å². The largest absolute Gasteiger partial charge is 0.493 e. The highest BCUT2D eigenvalue weighted by Gasteiger charge is 2.56. The fourth-order valence-electron chi connectivity index (χ4n) is 2.70. The summed E-state index contributed by atoms with van der Waals surface area (Å²) < 4.78 is 107. The van der Waals surface area contributed by atoms with Crippen molar-refractivity contribution in [3.05, 3.63) is 28.8 Å². The predicted octanol–water partition coefficient (Wildman–Crippen LogP) is 6.29. The van der Waals surface area contributed by atoms with Crippen LogP contribution in [0.3, 0.4) is 0 Å². The van der Waals surface area contributed by atoms with Crippen molar-refractivity contribution in [3.63, 3.8) is 0 Å². The molecule has 2 rings (SSSR count). The number of hydrogen-bond donors (Lipinski definition) is 1. The molecule has 0 bridgehead atoms. The van der Waals surface area contributed by atoms with Gasteiger partial charge in [0.2, 0.25) is 0 Å². The number of hydrogen-bond acceptors (Lipinski definition) is 5. The number of aliphatic hydroxyl groups excluding tert-OH is 1. The fraction of sp³-hybridized carbons (Fsp3) is 0.579. The van der Waals surface area contributed by atoms with E-state index in [9.17, 15) is 35.1 Å². The van der Waals surface area contributed by atoms with Crippen LogP contribution in [0.25, 0.3) is 10.6 Å². The minimum atomic E-state index is -5.59. The Morgan fingerprint density at radius 2 is 1.59 bits per heavy atom. The van der Waals surface area contributed by atoms with Gasteiger partial charge in [-0.3, -0.25) is 0 Å². The number of aliphatic hydroxyl groups is 1. The molecule has 180 valence electrons. The molecule has 0 aliphatic carbocycles. The number of benzene rings is 1. The molecule has 0 unspecified atom stereocenters. The van der Waals surface area contributed by atoms with E-state index in [0.717, 1.165) is 23.5 Å². The molecule has 0 radical (unpaired) electrons. The number of nitrogens with zero attached hydrogens (tertiary/aromatic N) is 2. The van der Waals surface area contributed by atoms with E-state index in [4.69, 9.17) is 9.84 Å². The Kier molecular flexibility index (Phi) is 8.80. The third kappa shape index (κ3) is 7.26. The first kappa shape index (κ1) is 26.2. The van der Waals surface area contributed by atoms with Crippen molar-refractivity contribution in [3.8, 4) is 16.3 Å². The molecule has 1 aromatic carbocycles. The van der Waals surface area contributed by atoms with Gasteiger partial charge in [0.25, 0.3) is 0 Å². The molecular formula is C19H20F8N2O2S. The monoisotopic (exact) mass is 492 g/mol. The lowest BCUT2D eigenvalue weighted by atomic mass is 10.1. The summed E-state index contributed by atoms with van der Waals surface area (Å²) >= 11 is 1.05. The zero-order valence-corrected chi connectivity index (χ0v) is 17.4. The van der Waals surface area contributed by atoms with E-state index in [2.05, 4.69) is 10.2 Å². The first-order valence-electron chi connectivity index (χ1n) is 9.57. The Hall–Kier alpha value is -2.02. The molecular weight excluding hydrogens is 472 g/mol. The summed E-state index contributed by atoms with van der Waals surface area (Å²) in [6, 6.07) is 3.39. The van der Waals surface area contributed by atoms with Crippen LogP contribution in [0.2, 0.25) is 0 Å². The van der Waals surface area contributed by atoms with Crippen molar-refractivity contribution in [1.29, 1.82) is 0 Å². The van der Waals surface area contributed by atoms with E-state index < -0.39 is 36.0 Å². The fourth-order valence-corrected chi connectivity index (χ4v) is 3.53. The highest BCUT2D eigenvalue weighted by atomic mass is 32.1. The molecule has 1 N–H and O–H groups in total. The highest BCUT2D eigenvalue weighted by molar-refractivity contribution is 7.14. The molecule has 0 atom stereocenters.